The van der Waals surface area contributed by atoms with E-state index in [0.717, 1.165) is 0 Å². The second-order valence-electron chi connectivity index (χ2n) is 2.22. The van der Waals surface area contributed by atoms with E-state index in [1.807, 2.05) is 0 Å². The number of aliphatic hydroxyl groups is 4. The minimum absolute atomic E-state index is 0.0388. The van der Waals surface area contributed by atoms with E-state index in [1.165, 1.54) is 0 Å². The van der Waals surface area contributed by atoms with E-state index in [-0.39, 0.29) is 6.29 Å². The first-order chi connectivity index (χ1) is 5.54. The minimum Gasteiger partial charge on any atom is -0.387 e. The highest BCUT2D eigenvalue weighted by Crippen LogP contribution is 2.02. The van der Waals surface area contributed by atoms with E-state index >= 15 is 0 Å². The van der Waals surface area contributed by atoms with Gasteiger partial charge in [-0.15, -0.1) is 6.42 Å². The van der Waals surface area contributed by atoms with Crippen molar-refractivity contribution in [3.05, 3.63) is 0 Å². The third-order valence-electron chi connectivity index (χ3n) is 1.33. The van der Waals surface area contributed by atoms with E-state index in [4.69, 9.17) is 26.8 Å². The first kappa shape index (κ1) is 11.1. The number of rotatable bonds is 4. The summed E-state index contributed by atoms with van der Waals surface area (Å²) in [7, 11) is 0. The summed E-state index contributed by atoms with van der Waals surface area (Å²) in [5.41, 5.74) is 0. The smallest absolute Gasteiger partial charge is 0.151 e. The quantitative estimate of drug-likeness (QED) is 0.274. The number of carbonyl (C=O) groups is 1. The first-order valence-electron chi connectivity index (χ1n) is 3.18. The molecule has 0 aromatic heterocycles. The van der Waals surface area contributed by atoms with Crippen LogP contribution in [0.1, 0.15) is 0 Å². The summed E-state index contributed by atoms with van der Waals surface area (Å²) in [5.74, 6) is 1.74. The van der Waals surface area contributed by atoms with Crippen molar-refractivity contribution in [2.75, 3.05) is 0 Å². The molecule has 68 valence electrons. The van der Waals surface area contributed by atoms with Crippen LogP contribution in [0.2, 0.25) is 0 Å². The number of terminal acetylenes is 1. The molecule has 0 radical (unpaired) electrons. The van der Waals surface area contributed by atoms with Crippen LogP contribution in [0.4, 0.5) is 0 Å². The summed E-state index contributed by atoms with van der Waals surface area (Å²) >= 11 is 0. The largest absolute Gasteiger partial charge is 0.387 e. The summed E-state index contributed by atoms with van der Waals surface area (Å²) in [6.07, 6.45) is -2.10. The molecule has 0 heterocycles. The monoisotopic (exact) mass is 174 g/mol. The third kappa shape index (κ3) is 2.60. The van der Waals surface area contributed by atoms with Gasteiger partial charge in [0.2, 0.25) is 0 Å². The molecule has 0 amide bonds. The Balaban J connectivity index is 4.19. The molecule has 0 aliphatic heterocycles. The maximum Gasteiger partial charge on any atom is 0.151 e. The van der Waals surface area contributed by atoms with Crippen LogP contribution in [0, 0.1) is 12.3 Å². The lowest BCUT2D eigenvalue weighted by atomic mass is 10.0. The molecule has 0 spiro atoms. The highest BCUT2D eigenvalue weighted by molar-refractivity contribution is 5.56. The van der Waals surface area contributed by atoms with Crippen LogP contribution in [0.15, 0.2) is 0 Å². The molecular formula is C7H10O5. The zero-order valence-corrected chi connectivity index (χ0v) is 6.16. The van der Waals surface area contributed by atoms with E-state index < -0.39 is 24.4 Å². The van der Waals surface area contributed by atoms with Gasteiger partial charge in [0.1, 0.15) is 24.4 Å². The zero-order valence-electron chi connectivity index (χ0n) is 6.16. The standard InChI is InChI=1S/C7H10O5/c1-2-4(9)6(11)7(12)5(10)3-8/h1,3-7,9-12H/t4-,5-,6-,7+/m0/s1. The Bertz CT molecular complexity index is 185. The molecule has 0 saturated carbocycles. The molecule has 0 aromatic rings. The predicted octanol–water partition coefficient (Wildman–Crippen LogP) is -2.74. The van der Waals surface area contributed by atoms with Crippen molar-refractivity contribution < 1.29 is 25.2 Å². The second-order valence-corrected chi connectivity index (χ2v) is 2.22. The zero-order chi connectivity index (χ0) is 9.72. The summed E-state index contributed by atoms with van der Waals surface area (Å²) in [6, 6.07) is 0. The fourth-order valence-electron chi connectivity index (χ4n) is 0.568. The Morgan fingerprint density at radius 1 is 1.17 bits per heavy atom. The highest BCUT2D eigenvalue weighted by Gasteiger charge is 2.28. The Labute approximate surface area is 69.3 Å². The number of aldehydes is 1. The number of aliphatic hydroxyl groups excluding tert-OH is 4. The Hall–Kier alpha value is -0.930. The topological polar surface area (TPSA) is 98.0 Å². The molecule has 0 aliphatic rings. The van der Waals surface area contributed by atoms with E-state index in [9.17, 15) is 4.79 Å². The Kier molecular flexibility index (Phi) is 4.47. The van der Waals surface area contributed by atoms with Gasteiger partial charge in [-0.3, -0.25) is 0 Å². The van der Waals surface area contributed by atoms with Gasteiger partial charge in [0.25, 0.3) is 0 Å². The average molecular weight is 174 g/mol. The molecule has 4 atom stereocenters. The van der Waals surface area contributed by atoms with Crippen molar-refractivity contribution in [1.29, 1.82) is 0 Å². The van der Waals surface area contributed by atoms with Crippen LogP contribution < -0.4 is 0 Å². The van der Waals surface area contributed by atoms with Gasteiger partial charge in [0.15, 0.2) is 6.29 Å². The maximum absolute atomic E-state index is 9.91. The van der Waals surface area contributed by atoms with Gasteiger partial charge in [0, 0.05) is 0 Å². The molecule has 0 fully saturated rings. The fourth-order valence-corrected chi connectivity index (χ4v) is 0.568. The molecule has 0 unspecified atom stereocenters. The van der Waals surface area contributed by atoms with E-state index in [1.54, 1.807) is 5.92 Å². The molecule has 0 aromatic carbocycles. The number of hydrogen-bond acceptors (Lipinski definition) is 5. The molecular weight excluding hydrogens is 164 g/mol. The number of hydrogen-bond donors (Lipinski definition) is 4. The highest BCUT2D eigenvalue weighted by atomic mass is 16.4. The van der Waals surface area contributed by atoms with E-state index in [0.29, 0.717) is 0 Å². The Morgan fingerprint density at radius 3 is 2.00 bits per heavy atom. The molecule has 0 saturated heterocycles. The molecule has 0 rings (SSSR count). The van der Waals surface area contributed by atoms with Crippen LogP contribution in [0.3, 0.4) is 0 Å². The second kappa shape index (κ2) is 4.85. The molecule has 0 bridgehead atoms. The van der Waals surface area contributed by atoms with Crippen LogP contribution >= 0.6 is 0 Å². The lowest BCUT2D eigenvalue weighted by Gasteiger charge is -2.20. The van der Waals surface area contributed by atoms with Gasteiger partial charge in [-0.05, 0) is 0 Å². The van der Waals surface area contributed by atoms with Crippen molar-refractivity contribution in [3.63, 3.8) is 0 Å². The number of carbonyl (C=O) groups excluding carboxylic acids is 1. The van der Waals surface area contributed by atoms with Crippen LogP contribution in [-0.2, 0) is 4.79 Å². The molecule has 4 N–H and O–H groups in total. The molecule has 5 nitrogen and oxygen atoms in total. The molecule has 12 heavy (non-hydrogen) atoms. The maximum atomic E-state index is 9.91. The minimum atomic E-state index is -1.77. The summed E-state index contributed by atoms with van der Waals surface area (Å²) in [4.78, 5) is 9.91. The van der Waals surface area contributed by atoms with Crippen molar-refractivity contribution in [3.8, 4) is 12.3 Å². The average Bonchev–Trinajstić information content (AvgIpc) is 2.12. The van der Waals surface area contributed by atoms with Gasteiger partial charge in [-0.25, -0.2) is 0 Å². The lowest BCUT2D eigenvalue weighted by molar-refractivity contribution is -0.130. The predicted molar refractivity (Wildman–Crippen MR) is 38.9 cm³/mol. The van der Waals surface area contributed by atoms with Crippen LogP contribution in [-0.4, -0.2) is 51.1 Å². The molecule has 0 aliphatic carbocycles. The SMILES string of the molecule is C#C[C@H](O)[C@H](O)[C@H](O)[C@@H](O)C=O. The van der Waals surface area contributed by atoms with Crippen LogP contribution in [0.25, 0.3) is 0 Å². The van der Waals surface area contributed by atoms with E-state index in [2.05, 4.69) is 0 Å². The first-order valence-corrected chi connectivity index (χ1v) is 3.18. The van der Waals surface area contributed by atoms with Gasteiger partial charge in [-0.2, -0.15) is 0 Å². The van der Waals surface area contributed by atoms with Crippen molar-refractivity contribution in [2.45, 2.75) is 24.4 Å². The summed E-state index contributed by atoms with van der Waals surface area (Å²) < 4.78 is 0. The lowest BCUT2D eigenvalue weighted by Crippen LogP contribution is -2.44. The van der Waals surface area contributed by atoms with Crippen LogP contribution in [0.5, 0.6) is 0 Å². The fraction of sp³-hybridized carbons (Fsp3) is 0.571. The Morgan fingerprint density at radius 2 is 1.67 bits per heavy atom. The summed E-state index contributed by atoms with van der Waals surface area (Å²) in [5, 5.41) is 35.3. The van der Waals surface area contributed by atoms with Gasteiger partial charge in [0.05, 0.1) is 0 Å². The van der Waals surface area contributed by atoms with Gasteiger partial charge in [-0.1, -0.05) is 5.92 Å². The van der Waals surface area contributed by atoms with Crippen molar-refractivity contribution in [2.24, 2.45) is 0 Å². The summed E-state index contributed by atoms with van der Waals surface area (Å²) in [6.45, 7) is 0. The third-order valence-corrected chi connectivity index (χ3v) is 1.33. The molecule has 5 heteroatoms. The normalized spacial score (nSPS) is 20.2. The van der Waals surface area contributed by atoms with Gasteiger partial charge >= 0.3 is 0 Å². The van der Waals surface area contributed by atoms with Crippen molar-refractivity contribution in [1.82, 2.24) is 0 Å². The van der Waals surface area contributed by atoms with Crippen molar-refractivity contribution >= 4 is 6.29 Å². The van der Waals surface area contributed by atoms with Gasteiger partial charge < -0.3 is 25.2 Å².